The molecule has 0 aliphatic heterocycles. The summed E-state index contributed by atoms with van der Waals surface area (Å²) in [6.45, 7) is 1.94. The van der Waals surface area contributed by atoms with Gasteiger partial charge in [-0.2, -0.15) is 0 Å². The first-order chi connectivity index (χ1) is 14.1. The van der Waals surface area contributed by atoms with Crippen LogP contribution < -0.4 is 15.8 Å². The first kappa shape index (κ1) is 22.3. The summed E-state index contributed by atoms with van der Waals surface area (Å²) in [7, 11) is -4.19. The summed E-state index contributed by atoms with van der Waals surface area (Å²) in [4.78, 5) is 24.8. The second-order valence-electron chi connectivity index (χ2n) is 7.79. The van der Waals surface area contributed by atoms with Crippen LogP contribution in [0.5, 0.6) is 0 Å². The van der Waals surface area contributed by atoms with Crippen molar-refractivity contribution in [3.63, 3.8) is 0 Å². The number of halogens is 1. The van der Waals surface area contributed by atoms with E-state index in [9.17, 15) is 18.0 Å². The summed E-state index contributed by atoms with van der Waals surface area (Å²) in [5.74, 6) is -0.878. The van der Waals surface area contributed by atoms with E-state index < -0.39 is 15.9 Å². The molecule has 2 amide bonds. The number of hydrogen-bond donors (Lipinski definition) is 3. The Kier molecular flexibility index (Phi) is 6.50. The number of benzene rings is 2. The fourth-order valence-corrected chi connectivity index (χ4v) is 4.63. The van der Waals surface area contributed by atoms with Crippen molar-refractivity contribution < 1.29 is 18.0 Å². The first-order valence-electron chi connectivity index (χ1n) is 9.60. The van der Waals surface area contributed by atoms with Crippen LogP contribution in [-0.2, 0) is 21.2 Å². The molecule has 7 nitrogen and oxygen atoms in total. The average Bonchev–Trinajstić information content (AvgIpc) is 3.08. The summed E-state index contributed by atoms with van der Waals surface area (Å²) in [6, 6.07) is 11.0. The Labute approximate surface area is 181 Å². The number of nitrogens with two attached hydrogens (primary N) is 1. The molecule has 0 atom stereocenters. The van der Waals surface area contributed by atoms with E-state index in [0.29, 0.717) is 10.6 Å². The van der Waals surface area contributed by atoms with E-state index in [1.54, 1.807) is 24.3 Å². The van der Waals surface area contributed by atoms with Crippen LogP contribution in [0.4, 0.5) is 5.69 Å². The summed E-state index contributed by atoms with van der Waals surface area (Å²) < 4.78 is 24.2. The van der Waals surface area contributed by atoms with Crippen LogP contribution in [-0.4, -0.2) is 25.8 Å². The van der Waals surface area contributed by atoms with E-state index in [4.69, 9.17) is 16.7 Å². The van der Waals surface area contributed by atoms with E-state index in [-0.39, 0.29) is 34.0 Å². The molecule has 1 saturated carbocycles. The molecule has 9 heteroatoms. The van der Waals surface area contributed by atoms with Crippen LogP contribution in [0.15, 0.2) is 47.4 Å². The monoisotopic (exact) mass is 449 g/mol. The molecule has 1 aliphatic rings. The minimum absolute atomic E-state index is 0.0188. The zero-order valence-corrected chi connectivity index (χ0v) is 18.1. The van der Waals surface area contributed by atoms with E-state index >= 15 is 0 Å². The highest BCUT2D eigenvalue weighted by atomic mass is 35.5. The maximum Gasteiger partial charge on any atom is 0.253 e. The topological polar surface area (TPSA) is 118 Å². The van der Waals surface area contributed by atoms with Gasteiger partial charge in [-0.1, -0.05) is 42.6 Å². The molecule has 4 N–H and O–H groups in total. The Hall–Kier alpha value is -2.42. The van der Waals surface area contributed by atoms with Gasteiger partial charge in [0.1, 0.15) is 0 Å². The Morgan fingerprint density at radius 3 is 2.43 bits per heavy atom. The Balaban J connectivity index is 1.81. The van der Waals surface area contributed by atoms with Crippen molar-refractivity contribution in [2.45, 2.75) is 49.5 Å². The molecule has 1 fully saturated rings. The minimum Gasteiger partial charge on any atom is -0.347 e. The van der Waals surface area contributed by atoms with E-state index in [1.807, 2.05) is 6.92 Å². The van der Waals surface area contributed by atoms with Gasteiger partial charge in [-0.25, -0.2) is 13.6 Å². The van der Waals surface area contributed by atoms with Gasteiger partial charge in [0.15, 0.2) is 0 Å². The molecule has 3 rings (SSSR count). The molecule has 2 aromatic rings. The molecule has 0 aromatic heterocycles. The van der Waals surface area contributed by atoms with Gasteiger partial charge in [0.05, 0.1) is 16.9 Å². The minimum atomic E-state index is -4.19. The fourth-order valence-electron chi connectivity index (χ4n) is 3.66. The molecule has 0 unspecified atom stereocenters. The lowest BCUT2D eigenvalue weighted by Gasteiger charge is -2.25. The highest BCUT2D eigenvalue weighted by molar-refractivity contribution is 7.89. The highest BCUT2D eigenvalue weighted by Gasteiger charge is 2.32. The van der Waals surface area contributed by atoms with Crippen molar-refractivity contribution in [2.75, 3.05) is 5.32 Å². The number of nitrogens with one attached hydrogen (secondary N) is 2. The van der Waals surface area contributed by atoms with Crippen molar-refractivity contribution in [3.8, 4) is 0 Å². The Bertz CT molecular complexity index is 1080. The zero-order valence-electron chi connectivity index (χ0n) is 16.6. The lowest BCUT2D eigenvalue weighted by molar-refractivity contribution is -0.115. The third-order valence-electron chi connectivity index (χ3n) is 5.25. The normalized spacial score (nSPS) is 15.6. The maximum absolute atomic E-state index is 12.8. The standard InChI is InChI=1S/C21H24ClN3O4S/c1-21(10-4-5-11-21)25-20(27)16-9-8-15(13-18(16)30(23,28)29)24-19(26)12-14-6-2-3-7-17(14)22/h2-3,6-9,13H,4-5,10-12H2,1H3,(H,24,26)(H,25,27)(H2,23,28,29). The molecule has 0 spiro atoms. The quantitative estimate of drug-likeness (QED) is 0.627. The molecule has 160 valence electrons. The van der Waals surface area contributed by atoms with Gasteiger partial charge in [-0.05, 0) is 49.6 Å². The second kappa shape index (κ2) is 8.75. The van der Waals surface area contributed by atoms with Crippen molar-refractivity contribution >= 4 is 39.1 Å². The summed E-state index contributed by atoms with van der Waals surface area (Å²) in [6.07, 6.45) is 3.70. The first-order valence-corrected chi connectivity index (χ1v) is 11.5. The van der Waals surface area contributed by atoms with Gasteiger partial charge in [-0.15, -0.1) is 0 Å². The molecule has 1 aliphatic carbocycles. The molecule has 0 heterocycles. The second-order valence-corrected chi connectivity index (χ2v) is 9.73. The number of carbonyl (C=O) groups is 2. The number of hydrogen-bond acceptors (Lipinski definition) is 4. The smallest absolute Gasteiger partial charge is 0.253 e. The van der Waals surface area contributed by atoms with Crippen molar-refractivity contribution in [1.29, 1.82) is 0 Å². The summed E-state index contributed by atoms with van der Waals surface area (Å²) in [5, 5.41) is 11.4. The number of carbonyl (C=O) groups excluding carboxylic acids is 2. The van der Waals surface area contributed by atoms with Crippen LogP contribution in [0.3, 0.4) is 0 Å². The fraction of sp³-hybridized carbons (Fsp3) is 0.333. The van der Waals surface area contributed by atoms with Crippen LogP contribution in [0.2, 0.25) is 5.02 Å². The molecule has 2 aromatic carbocycles. The number of anilines is 1. The molecular weight excluding hydrogens is 426 g/mol. The van der Waals surface area contributed by atoms with Gasteiger partial charge in [0.2, 0.25) is 15.9 Å². The summed E-state index contributed by atoms with van der Waals surface area (Å²) in [5.41, 5.74) is 0.452. The molecule has 0 bridgehead atoms. The van der Waals surface area contributed by atoms with Crippen LogP contribution in [0.1, 0.15) is 48.5 Å². The molecule has 0 saturated heterocycles. The SMILES string of the molecule is CC1(NC(=O)c2ccc(NC(=O)Cc3ccccc3Cl)cc2S(N)(=O)=O)CCCC1. The third kappa shape index (κ3) is 5.38. The van der Waals surface area contributed by atoms with Gasteiger partial charge in [0.25, 0.3) is 5.91 Å². The number of amides is 2. The van der Waals surface area contributed by atoms with Gasteiger partial charge < -0.3 is 10.6 Å². The van der Waals surface area contributed by atoms with E-state index in [2.05, 4.69) is 10.6 Å². The number of primary sulfonamides is 1. The predicted molar refractivity (Wildman–Crippen MR) is 116 cm³/mol. The average molecular weight is 450 g/mol. The largest absolute Gasteiger partial charge is 0.347 e. The molecule has 30 heavy (non-hydrogen) atoms. The predicted octanol–water partition coefficient (Wildman–Crippen LogP) is 3.23. The number of rotatable bonds is 6. The van der Waals surface area contributed by atoms with Gasteiger partial charge in [-0.3, -0.25) is 9.59 Å². The van der Waals surface area contributed by atoms with Crippen molar-refractivity contribution in [1.82, 2.24) is 5.32 Å². The Morgan fingerprint density at radius 1 is 1.13 bits per heavy atom. The van der Waals surface area contributed by atoms with Gasteiger partial charge >= 0.3 is 0 Å². The molecular formula is C21H24ClN3O4S. The highest BCUT2D eigenvalue weighted by Crippen LogP contribution is 2.30. The van der Waals surface area contributed by atoms with Crippen LogP contribution in [0.25, 0.3) is 0 Å². The van der Waals surface area contributed by atoms with Crippen LogP contribution in [0, 0.1) is 0 Å². The third-order valence-corrected chi connectivity index (χ3v) is 6.57. The zero-order chi connectivity index (χ0) is 21.9. The maximum atomic E-state index is 12.8. The van der Waals surface area contributed by atoms with Crippen molar-refractivity contribution in [2.24, 2.45) is 5.14 Å². The Morgan fingerprint density at radius 2 is 1.80 bits per heavy atom. The van der Waals surface area contributed by atoms with E-state index in [0.717, 1.165) is 25.7 Å². The van der Waals surface area contributed by atoms with E-state index in [1.165, 1.54) is 18.2 Å². The lowest BCUT2D eigenvalue weighted by Crippen LogP contribution is -2.44. The summed E-state index contributed by atoms with van der Waals surface area (Å²) >= 11 is 6.07. The lowest BCUT2D eigenvalue weighted by atomic mass is 10.00. The van der Waals surface area contributed by atoms with Crippen molar-refractivity contribution in [3.05, 3.63) is 58.6 Å². The molecule has 0 radical (unpaired) electrons. The number of sulfonamides is 1. The van der Waals surface area contributed by atoms with Gasteiger partial charge in [0, 0.05) is 16.2 Å². The van der Waals surface area contributed by atoms with Crippen LogP contribution >= 0.6 is 11.6 Å².